The average Bonchev–Trinajstić information content (AvgIpc) is 3.06. The fourth-order valence-electron chi connectivity index (χ4n) is 6.63. The van der Waals surface area contributed by atoms with Crippen LogP contribution in [0.3, 0.4) is 0 Å². The molecule has 3 aliphatic rings. The molecule has 1 aliphatic carbocycles. The van der Waals surface area contributed by atoms with Crippen LogP contribution in [-0.4, -0.2) is 107 Å². The average molecular weight is 665 g/mol. The molecule has 2 amide bonds. The van der Waals surface area contributed by atoms with Crippen molar-refractivity contribution in [3.63, 3.8) is 0 Å². The summed E-state index contributed by atoms with van der Waals surface area (Å²) in [6, 6.07) is 9.58. The molecule has 2 aromatic carbocycles. The van der Waals surface area contributed by atoms with E-state index in [1.165, 1.54) is 0 Å². The van der Waals surface area contributed by atoms with Crippen LogP contribution in [0.5, 0.6) is 0 Å². The summed E-state index contributed by atoms with van der Waals surface area (Å²) in [5, 5.41) is 31.4. The second-order valence-corrected chi connectivity index (χ2v) is 12.9. The minimum absolute atomic E-state index is 0.149. The lowest BCUT2D eigenvalue weighted by atomic mass is 9.83. The summed E-state index contributed by atoms with van der Waals surface area (Å²) in [7, 11) is 0. The number of aliphatic hydroxyl groups excluding tert-OH is 2. The van der Waals surface area contributed by atoms with E-state index in [4.69, 9.17) is 20.1 Å². The smallest absolute Gasteiger partial charge is 0.300 e. The van der Waals surface area contributed by atoms with Crippen LogP contribution in [0.4, 0.5) is 11.4 Å². The number of carbonyl (C=O) groups is 5. The number of rotatable bonds is 12. The third-order valence-corrected chi connectivity index (χ3v) is 9.38. The van der Waals surface area contributed by atoms with Gasteiger partial charge in [0.15, 0.2) is 11.6 Å². The van der Waals surface area contributed by atoms with Crippen molar-refractivity contribution >= 4 is 40.7 Å². The summed E-state index contributed by atoms with van der Waals surface area (Å²) in [4.78, 5) is 65.6. The Morgan fingerprint density at radius 3 is 1.35 bits per heavy atom. The van der Waals surface area contributed by atoms with Crippen LogP contribution >= 0.6 is 0 Å². The molecule has 2 aliphatic heterocycles. The summed E-state index contributed by atoms with van der Waals surface area (Å²) in [5.41, 5.74) is 2.01. The molecular formula is C36H48N4O8. The largest absolute Gasteiger partial charge is 0.481 e. The Morgan fingerprint density at radius 2 is 1.02 bits per heavy atom. The van der Waals surface area contributed by atoms with Gasteiger partial charge in [0.2, 0.25) is 11.8 Å². The van der Waals surface area contributed by atoms with Gasteiger partial charge < -0.3 is 35.8 Å². The van der Waals surface area contributed by atoms with E-state index in [0.717, 1.165) is 71.6 Å². The highest BCUT2D eigenvalue weighted by molar-refractivity contribution is 6.29. The number of benzene rings is 2. The van der Waals surface area contributed by atoms with Gasteiger partial charge in [-0.25, -0.2) is 0 Å². The van der Waals surface area contributed by atoms with Gasteiger partial charge >= 0.3 is 0 Å². The quantitative estimate of drug-likeness (QED) is 0.193. The number of hydrogen-bond donors (Lipinski definition) is 5. The van der Waals surface area contributed by atoms with E-state index < -0.39 is 5.97 Å². The third kappa shape index (κ3) is 10.5. The number of carboxylic acid groups (broad SMARTS) is 1. The molecule has 0 aromatic heterocycles. The van der Waals surface area contributed by atoms with E-state index >= 15 is 0 Å². The van der Waals surface area contributed by atoms with Gasteiger partial charge in [0.1, 0.15) is 0 Å². The van der Waals surface area contributed by atoms with Crippen LogP contribution in [0.2, 0.25) is 0 Å². The number of nitrogens with zero attached hydrogens (tertiary/aromatic N) is 2. The minimum atomic E-state index is -0.833. The van der Waals surface area contributed by atoms with Gasteiger partial charge in [0, 0.05) is 79.7 Å². The number of piperidine rings is 2. The zero-order chi connectivity index (χ0) is 34.6. The van der Waals surface area contributed by atoms with Crippen molar-refractivity contribution in [2.24, 2.45) is 11.8 Å². The molecule has 0 radical (unpaired) electrons. The Kier molecular flexibility index (Phi) is 13.8. The van der Waals surface area contributed by atoms with E-state index in [-0.39, 0.29) is 58.8 Å². The molecule has 2 aromatic rings. The van der Waals surface area contributed by atoms with Crippen molar-refractivity contribution in [1.82, 2.24) is 9.80 Å². The van der Waals surface area contributed by atoms with Gasteiger partial charge in [-0.2, -0.15) is 0 Å². The minimum Gasteiger partial charge on any atom is -0.481 e. The van der Waals surface area contributed by atoms with Crippen molar-refractivity contribution in [3.8, 4) is 0 Å². The highest BCUT2D eigenvalue weighted by Gasteiger charge is 2.30. The molecule has 0 bridgehead atoms. The highest BCUT2D eigenvalue weighted by atomic mass is 16.4. The van der Waals surface area contributed by atoms with Gasteiger partial charge in [0.05, 0.1) is 0 Å². The number of carboxylic acids is 1. The van der Waals surface area contributed by atoms with Crippen LogP contribution in [-0.2, 0) is 14.4 Å². The van der Waals surface area contributed by atoms with Crippen LogP contribution in [0.25, 0.3) is 0 Å². The first-order chi connectivity index (χ1) is 23.1. The van der Waals surface area contributed by atoms with Crippen LogP contribution < -0.4 is 10.6 Å². The number of likely N-dealkylation sites (tertiary alicyclic amines) is 2. The summed E-state index contributed by atoms with van der Waals surface area (Å²) in [6.45, 7) is 6.51. The zero-order valence-electron chi connectivity index (χ0n) is 27.7. The lowest BCUT2D eigenvalue weighted by Crippen LogP contribution is -2.36. The van der Waals surface area contributed by atoms with Crippen molar-refractivity contribution in [3.05, 3.63) is 58.7 Å². The number of ketones is 2. The molecule has 0 unspecified atom stereocenters. The molecule has 5 N–H and O–H groups in total. The van der Waals surface area contributed by atoms with Crippen molar-refractivity contribution in [2.45, 2.75) is 58.3 Å². The maximum Gasteiger partial charge on any atom is 0.300 e. The molecule has 12 nitrogen and oxygen atoms in total. The Balaban J connectivity index is 0.00000123. The predicted octanol–water partition coefficient (Wildman–Crippen LogP) is 3.40. The molecule has 5 rings (SSSR count). The van der Waals surface area contributed by atoms with Gasteiger partial charge in [-0.15, -0.1) is 0 Å². The third-order valence-electron chi connectivity index (χ3n) is 9.38. The summed E-state index contributed by atoms with van der Waals surface area (Å²) in [6.07, 6.45) is 6.46. The molecule has 12 heteroatoms. The number of aliphatic hydroxyl groups is 2. The Labute approximate surface area is 281 Å². The first-order valence-corrected chi connectivity index (χ1v) is 16.9. The molecule has 0 atom stereocenters. The first kappa shape index (κ1) is 36.9. The van der Waals surface area contributed by atoms with Gasteiger partial charge in [0.25, 0.3) is 5.97 Å². The normalized spacial score (nSPS) is 17.1. The molecular weight excluding hydrogens is 616 g/mol. The second kappa shape index (κ2) is 18.0. The number of nitrogens with one attached hydrogen (secondary N) is 2. The predicted molar refractivity (Wildman–Crippen MR) is 181 cm³/mol. The monoisotopic (exact) mass is 664 g/mol. The number of hydrogen-bond acceptors (Lipinski definition) is 9. The Bertz CT molecular complexity index is 1350. The fourth-order valence-corrected chi connectivity index (χ4v) is 6.63. The van der Waals surface area contributed by atoms with Gasteiger partial charge in [-0.1, -0.05) is 0 Å². The van der Waals surface area contributed by atoms with Gasteiger partial charge in [-0.3, -0.25) is 24.0 Å². The molecule has 260 valence electrons. The summed E-state index contributed by atoms with van der Waals surface area (Å²) >= 11 is 0. The van der Waals surface area contributed by atoms with E-state index in [2.05, 4.69) is 20.4 Å². The van der Waals surface area contributed by atoms with E-state index in [1.54, 1.807) is 36.4 Å². The summed E-state index contributed by atoms with van der Waals surface area (Å²) < 4.78 is 0. The van der Waals surface area contributed by atoms with Crippen LogP contribution in [0.1, 0.15) is 90.1 Å². The Morgan fingerprint density at radius 1 is 0.667 bits per heavy atom. The van der Waals surface area contributed by atoms with E-state index in [9.17, 15) is 19.2 Å². The SMILES string of the molecule is CC(=O)O.O=C(CCN1CCC(CCO)CC1)Nc1ccc2c(c1)C(=O)c1ccc(NC(=O)CCN3CCC(CCO)CC3)cc1C2=O. The van der Waals surface area contributed by atoms with Gasteiger partial charge in [-0.05, 0) is 113 Å². The molecule has 2 heterocycles. The summed E-state index contributed by atoms with van der Waals surface area (Å²) in [5.74, 6) is -0.609. The number of aliphatic carboxylic acids is 1. The zero-order valence-corrected chi connectivity index (χ0v) is 27.7. The molecule has 0 spiro atoms. The topological polar surface area (TPSA) is 177 Å². The number of fused-ring (bicyclic) bond motifs is 2. The number of amides is 2. The van der Waals surface area contributed by atoms with E-state index in [1.807, 2.05) is 0 Å². The number of carbonyl (C=O) groups excluding carboxylic acids is 4. The van der Waals surface area contributed by atoms with Crippen LogP contribution in [0, 0.1) is 11.8 Å². The molecule has 0 saturated carbocycles. The maximum absolute atomic E-state index is 13.4. The fraction of sp³-hybridized carbons (Fsp3) is 0.528. The number of anilines is 2. The standard InChI is InChI=1S/C34H44N4O6.C2H4O2/c39-19-11-23-5-13-37(14-6-23)17-9-31(41)35-25-1-3-27-29(21-25)34(44)28-4-2-26(22-30(28)33(27)43)36-32(42)10-18-38-15-7-24(8-16-38)12-20-40;1-2(3)4/h1-4,21-24,39-40H,5-20H2,(H,35,41)(H,36,42);1H3,(H,3,4). The lowest BCUT2D eigenvalue weighted by Gasteiger charge is -2.31. The van der Waals surface area contributed by atoms with Crippen molar-refractivity contribution < 1.29 is 39.3 Å². The van der Waals surface area contributed by atoms with E-state index in [0.29, 0.717) is 49.1 Å². The lowest BCUT2D eigenvalue weighted by molar-refractivity contribution is -0.134. The molecule has 2 fully saturated rings. The Hall–Kier alpha value is -3.97. The molecule has 48 heavy (non-hydrogen) atoms. The maximum atomic E-state index is 13.4. The van der Waals surface area contributed by atoms with Crippen molar-refractivity contribution in [1.29, 1.82) is 0 Å². The second-order valence-electron chi connectivity index (χ2n) is 12.9. The van der Waals surface area contributed by atoms with Crippen LogP contribution in [0.15, 0.2) is 36.4 Å². The molecule has 2 saturated heterocycles. The first-order valence-electron chi connectivity index (χ1n) is 16.9. The highest BCUT2D eigenvalue weighted by Crippen LogP contribution is 2.31. The van der Waals surface area contributed by atoms with Crippen molar-refractivity contribution in [2.75, 3.05) is 63.1 Å².